The fourth-order valence-corrected chi connectivity index (χ4v) is 7.11. The first-order chi connectivity index (χ1) is 30.3. The highest BCUT2D eigenvalue weighted by Crippen LogP contribution is 2.44. The SMILES string of the molecule is C/C(=C\C(=C/CN(c1ccc(N(c2ccc(-c3ccc(C4=CCCCC4)cc3)cc2)c2c(F)c(F)c(C)c(F)c2F)cc1)c1cc(C(F)(F)F)cc(C(F)(F)F)c1)C(F)(F)F)C(F)(F)F. The van der Waals surface area contributed by atoms with Gasteiger partial charge in [-0.15, -0.1) is 0 Å². The van der Waals surface area contributed by atoms with Crippen LogP contribution in [0.15, 0.2) is 120 Å². The monoisotopic (exact) mass is 930 g/mol. The van der Waals surface area contributed by atoms with E-state index in [0.717, 1.165) is 62.4 Å². The van der Waals surface area contributed by atoms with Gasteiger partial charge < -0.3 is 9.80 Å². The minimum absolute atomic E-state index is 0.105. The van der Waals surface area contributed by atoms with E-state index in [1.54, 1.807) is 0 Å². The van der Waals surface area contributed by atoms with E-state index in [-0.39, 0.29) is 41.7 Å². The number of benzene rings is 5. The number of hydrogen-bond donors (Lipinski definition) is 0. The molecule has 1 aliphatic rings. The lowest BCUT2D eigenvalue weighted by molar-refractivity contribution is -0.143. The Bertz CT molecular complexity index is 2550. The summed E-state index contributed by atoms with van der Waals surface area (Å²) in [6.45, 7) is -0.214. The third-order valence-electron chi connectivity index (χ3n) is 10.6. The summed E-state index contributed by atoms with van der Waals surface area (Å²) in [6, 6.07) is 17.0. The van der Waals surface area contributed by atoms with Crippen LogP contribution in [-0.4, -0.2) is 18.9 Å². The lowest BCUT2D eigenvalue weighted by Crippen LogP contribution is -2.22. The quantitative estimate of drug-likeness (QED) is 0.0782. The van der Waals surface area contributed by atoms with Crippen LogP contribution in [0.25, 0.3) is 16.7 Å². The Balaban J connectivity index is 1.49. The van der Waals surface area contributed by atoms with Gasteiger partial charge in [-0.2, -0.15) is 52.7 Å². The fraction of sp³-hybridized carbons (Fsp3) is 0.234. The molecule has 5 aromatic rings. The molecule has 0 N–H and O–H groups in total. The summed E-state index contributed by atoms with van der Waals surface area (Å²) in [5.41, 5.74) is -8.22. The van der Waals surface area contributed by atoms with E-state index in [9.17, 15) is 52.7 Å². The van der Waals surface area contributed by atoms with Gasteiger partial charge in [0.2, 0.25) is 0 Å². The third kappa shape index (κ3) is 10.8. The highest BCUT2D eigenvalue weighted by atomic mass is 19.4. The zero-order valence-electron chi connectivity index (χ0n) is 33.9. The molecule has 344 valence electrons. The molecular weight excluding hydrogens is 896 g/mol. The summed E-state index contributed by atoms with van der Waals surface area (Å²) in [5, 5.41) is 0. The number of nitrogens with zero attached hydrogens (tertiary/aromatic N) is 2. The molecule has 1 aliphatic carbocycles. The molecule has 2 nitrogen and oxygen atoms in total. The van der Waals surface area contributed by atoms with Crippen molar-refractivity contribution in [2.45, 2.75) is 64.2 Å². The topological polar surface area (TPSA) is 6.48 Å². The Hall–Kier alpha value is -6.20. The second-order valence-corrected chi connectivity index (χ2v) is 15.0. The van der Waals surface area contributed by atoms with Crippen molar-refractivity contribution in [3.05, 3.63) is 166 Å². The highest BCUT2D eigenvalue weighted by Gasteiger charge is 2.39. The minimum Gasteiger partial charge on any atom is -0.338 e. The van der Waals surface area contributed by atoms with Crippen molar-refractivity contribution in [3.8, 4) is 11.1 Å². The van der Waals surface area contributed by atoms with Gasteiger partial charge in [0.25, 0.3) is 0 Å². The molecule has 0 fully saturated rings. The van der Waals surface area contributed by atoms with Gasteiger partial charge in [-0.05, 0) is 122 Å². The Morgan fingerprint density at radius 3 is 1.46 bits per heavy atom. The van der Waals surface area contributed by atoms with Gasteiger partial charge in [0.15, 0.2) is 23.3 Å². The molecule has 0 radical (unpaired) electrons. The van der Waals surface area contributed by atoms with Crippen molar-refractivity contribution in [2.75, 3.05) is 16.3 Å². The van der Waals surface area contributed by atoms with Crippen LogP contribution in [-0.2, 0) is 12.4 Å². The van der Waals surface area contributed by atoms with Gasteiger partial charge in [-0.1, -0.05) is 48.6 Å². The molecule has 0 heterocycles. The Morgan fingerprint density at radius 2 is 1.02 bits per heavy atom. The minimum atomic E-state index is -5.51. The highest BCUT2D eigenvalue weighted by molar-refractivity contribution is 5.81. The summed E-state index contributed by atoms with van der Waals surface area (Å²) in [4.78, 5) is 1.20. The van der Waals surface area contributed by atoms with Crippen molar-refractivity contribution in [1.29, 1.82) is 0 Å². The molecule has 65 heavy (non-hydrogen) atoms. The largest absolute Gasteiger partial charge is 0.416 e. The van der Waals surface area contributed by atoms with Gasteiger partial charge in [-0.3, -0.25) is 0 Å². The van der Waals surface area contributed by atoms with Crippen molar-refractivity contribution in [3.63, 3.8) is 0 Å². The molecule has 18 heteroatoms. The first-order valence-electron chi connectivity index (χ1n) is 19.5. The van der Waals surface area contributed by atoms with E-state index in [0.29, 0.717) is 27.9 Å². The lowest BCUT2D eigenvalue weighted by atomic mass is 9.92. The lowest BCUT2D eigenvalue weighted by Gasteiger charge is -2.29. The van der Waals surface area contributed by atoms with Crippen LogP contribution in [0, 0.1) is 30.2 Å². The Kier molecular flexibility index (Phi) is 13.6. The maximum absolute atomic E-state index is 15.8. The summed E-state index contributed by atoms with van der Waals surface area (Å²) >= 11 is 0. The zero-order chi connectivity index (χ0) is 47.8. The van der Waals surface area contributed by atoms with E-state index in [1.165, 1.54) is 29.8 Å². The van der Waals surface area contributed by atoms with Crippen molar-refractivity contribution in [2.24, 2.45) is 0 Å². The maximum atomic E-state index is 15.8. The number of anilines is 5. The smallest absolute Gasteiger partial charge is 0.338 e. The average Bonchev–Trinajstić information content (AvgIpc) is 3.25. The average molecular weight is 931 g/mol. The van der Waals surface area contributed by atoms with Gasteiger partial charge in [0, 0.05) is 40.4 Å². The molecule has 0 bridgehead atoms. The normalized spacial score (nSPS) is 14.4. The van der Waals surface area contributed by atoms with Crippen LogP contribution in [0.5, 0.6) is 0 Å². The van der Waals surface area contributed by atoms with Crippen LogP contribution < -0.4 is 9.80 Å². The maximum Gasteiger partial charge on any atom is 0.416 e. The van der Waals surface area contributed by atoms with E-state index in [1.807, 2.05) is 24.3 Å². The van der Waals surface area contributed by atoms with Gasteiger partial charge in [0.05, 0.1) is 16.7 Å². The first kappa shape index (κ1) is 48.3. The molecule has 0 saturated carbocycles. The standard InChI is InChI=1S/C47H34F16N2/c1-26(44(52,53)54)22-32(45(55,56)57)20-21-64(38-24-33(46(58,59)60)23-34(25-38)47(61,62)63)35-16-18-37(19-17-35)65(43-41(50)39(48)27(2)40(49)42(43)51)36-14-12-31(13-15-36)30-10-8-29(9-11-30)28-6-4-3-5-7-28/h6,8-20,22-25H,3-5,7,21H2,1-2H3/b26-22+,32-20+. The van der Waals surface area contributed by atoms with Gasteiger partial charge in [0.1, 0.15) is 5.69 Å². The summed E-state index contributed by atoms with van der Waals surface area (Å²) in [7, 11) is 0. The molecule has 0 spiro atoms. The predicted octanol–water partition coefficient (Wildman–Crippen LogP) is 16.8. The predicted molar refractivity (Wildman–Crippen MR) is 215 cm³/mol. The fourth-order valence-electron chi connectivity index (χ4n) is 7.11. The number of alkyl halides is 12. The molecule has 0 atom stereocenters. The Labute approximate surface area is 361 Å². The first-order valence-corrected chi connectivity index (χ1v) is 19.5. The Morgan fingerprint density at radius 1 is 0.554 bits per heavy atom. The second kappa shape index (κ2) is 18.4. The van der Waals surface area contributed by atoms with Crippen LogP contribution in [0.4, 0.5) is 98.7 Å². The van der Waals surface area contributed by atoms with E-state index >= 15 is 17.6 Å². The molecule has 0 saturated heterocycles. The van der Waals surface area contributed by atoms with E-state index in [2.05, 4.69) is 6.08 Å². The molecule has 0 unspecified atom stereocenters. The van der Waals surface area contributed by atoms with Gasteiger partial charge in [-0.25, -0.2) is 17.6 Å². The van der Waals surface area contributed by atoms with Crippen LogP contribution in [0.3, 0.4) is 0 Å². The van der Waals surface area contributed by atoms with E-state index < -0.39 is 99.4 Å². The summed E-state index contributed by atoms with van der Waals surface area (Å²) < 4.78 is 228. The number of allylic oxidation sites excluding steroid dienone is 5. The van der Waals surface area contributed by atoms with Crippen molar-refractivity contribution < 1.29 is 70.2 Å². The molecule has 5 aromatic carbocycles. The van der Waals surface area contributed by atoms with Crippen LogP contribution in [0.2, 0.25) is 0 Å². The number of hydrogen-bond acceptors (Lipinski definition) is 2. The zero-order valence-corrected chi connectivity index (χ0v) is 33.9. The van der Waals surface area contributed by atoms with Gasteiger partial charge >= 0.3 is 24.7 Å². The number of halogens is 16. The van der Waals surface area contributed by atoms with Crippen molar-refractivity contribution >= 4 is 34.0 Å². The molecule has 6 rings (SSSR count). The van der Waals surface area contributed by atoms with Crippen LogP contribution >= 0.6 is 0 Å². The molecule has 0 aliphatic heterocycles. The number of rotatable bonds is 10. The van der Waals surface area contributed by atoms with E-state index in [4.69, 9.17) is 0 Å². The van der Waals surface area contributed by atoms with Crippen LogP contribution in [0.1, 0.15) is 54.9 Å². The molecular formula is C47H34F16N2. The molecule has 0 amide bonds. The third-order valence-corrected chi connectivity index (χ3v) is 10.6. The summed E-state index contributed by atoms with van der Waals surface area (Å²) in [5.74, 6) is -7.27. The summed E-state index contributed by atoms with van der Waals surface area (Å²) in [6.07, 6.45) is -15.7. The second-order valence-electron chi connectivity index (χ2n) is 15.0. The van der Waals surface area contributed by atoms with Crippen molar-refractivity contribution in [1.82, 2.24) is 0 Å². The molecule has 0 aromatic heterocycles.